The molecule has 1 aliphatic heterocycles. The minimum atomic E-state index is 0.251. The summed E-state index contributed by atoms with van der Waals surface area (Å²) in [5.41, 5.74) is 2.80. The summed E-state index contributed by atoms with van der Waals surface area (Å²) in [6, 6.07) is 16.3. The molecule has 0 bridgehead atoms. The molecule has 31 heavy (non-hydrogen) atoms. The van der Waals surface area contributed by atoms with Crippen molar-refractivity contribution >= 4 is 11.6 Å². The summed E-state index contributed by atoms with van der Waals surface area (Å²) in [6.45, 7) is 4.95. The Kier molecular flexibility index (Phi) is 7.99. The zero-order valence-electron chi connectivity index (χ0n) is 18.5. The van der Waals surface area contributed by atoms with Crippen molar-refractivity contribution in [2.75, 3.05) is 38.8 Å². The van der Waals surface area contributed by atoms with Crippen molar-refractivity contribution in [3.8, 4) is 17.6 Å². The van der Waals surface area contributed by atoms with Crippen LogP contribution < -0.4 is 25.0 Å². The molecular weight excluding hydrogens is 390 g/mol. The molecule has 164 valence electrons. The van der Waals surface area contributed by atoms with Crippen LogP contribution in [0.3, 0.4) is 0 Å². The van der Waals surface area contributed by atoms with Crippen LogP contribution >= 0.6 is 0 Å². The maximum Gasteiger partial charge on any atom is 0.191 e. The fourth-order valence-electron chi connectivity index (χ4n) is 3.83. The van der Waals surface area contributed by atoms with Gasteiger partial charge in [-0.15, -0.1) is 0 Å². The molecule has 0 aromatic heterocycles. The van der Waals surface area contributed by atoms with Crippen LogP contribution in [0.2, 0.25) is 0 Å². The van der Waals surface area contributed by atoms with Gasteiger partial charge in [-0.05, 0) is 49.6 Å². The number of hydrogen-bond donors (Lipinski definition) is 2. The van der Waals surface area contributed by atoms with Gasteiger partial charge in [0.05, 0.1) is 25.0 Å². The Balaban J connectivity index is 1.60. The summed E-state index contributed by atoms with van der Waals surface area (Å²) in [5.74, 6) is 2.23. The molecule has 7 nitrogen and oxygen atoms in total. The Morgan fingerprint density at radius 1 is 1.26 bits per heavy atom. The van der Waals surface area contributed by atoms with Crippen LogP contribution in [0.1, 0.15) is 30.9 Å². The van der Waals surface area contributed by atoms with Crippen molar-refractivity contribution in [2.24, 2.45) is 4.99 Å². The first-order valence-electron chi connectivity index (χ1n) is 10.7. The van der Waals surface area contributed by atoms with Crippen molar-refractivity contribution in [2.45, 2.75) is 32.4 Å². The molecular formula is C24H31N5O2. The number of methoxy groups -OCH3 is 1. The predicted octanol–water partition coefficient (Wildman–Crippen LogP) is 3.30. The minimum absolute atomic E-state index is 0.251. The first-order chi connectivity index (χ1) is 15.2. The fourth-order valence-corrected chi connectivity index (χ4v) is 3.83. The lowest BCUT2D eigenvalue weighted by atomic mass is 10.0. The van der Waals surface area contributed by atoms with Gasteiger partial charge in [0, 0.05) is 32.7 Å². The summed E-state index contributed by atoms with van der Waals surface area (Å²) in [4.78, 5) is 6.67. The van der Waals surface area contributed by atoms with E-state index in [1.165, 1.54) is 0 Å². The normalized spacial score (nSPS) is 16.4. The number of nitrogens with one attached hydrogen (secondary N) is 2. The number of guanidine groups is 1. The van der Waals surface area contributed by atoms with Gasteiger partial charge in [0.25, 0.3) is 0 Å². The van der Waals surface area contributed by atoms with E-state index in [0.717, 1.165) is 60.2 Å². The zero-order chi connectivity index (χ0) is 22.1. The van der Waals surface area contributed by atoms with E-state index < -0.39 is 0 Å². The maximum atomic E-state index is 9.42. The first-order valence-corrected chi connectivity index (χ1v) is 10.7. The molecule has 0 saturated carbocycles. The summed E-state index contributed by atoms with van der Waals surface area (Å²) < 4.78 is 11.0. The second-order valence-electron chi connectivity index (χ2n) is 7.40. The number of ether oxygens (including phenoxy) is 2. The Morgan fingerprint density at radius 3 is 2.84 bits per heavy atom. The van der Waals surface area contributed by atoms with E-state index in [4.69, 9.17) is 9.47 Å². The highest BCUT2D eigenvalue weighted by molar-refractivity contribution is 5.80. The quantitative estimate of drug-likeness (QED) is 0.527. The van der Waals surface area contributed by atoms with Crippen LogP contribution in [0, 0.1) is 11.3 Å². The number of aliphatic imine (C=N–C) groups is 1. The smallest absolute Gasteiger partial charge is 0.191 e. The van der Waals surface area contributed by atoms with Crippen molar-refractivity contribution in [1.29, 1.82) is 5.26 Å². The van der Waals surface area contributed by atoms with Crippen molar-refractivity contribution in [3.63, 3.8) is 0 Å². The highest BCUT2D eigenvalue weighted by Crippen LogP contribution is 2.28. The van der Waals surface area contributed by atoms with Crippen LogP contribution in [0.15, 0.2) is 47.5 Å². The van der Waals surface area contributed by atoms with Crippen LogP contribution in [-0.2, 0) is 6.54 Å². The zero-order valence-corrected chi connectivity index (χ0v) is 18.5. The Labute approximate surface area is 184 Å². The molecule has 2 N–H and O–H groups in total. The summed E-state index contributed by atoms with van der Waals surface area (Å²) in [7, 11) is 3.42. The van der Waals surface area contributed by atoms with E-state index in [0.29, 0.717) is 13.2 Å². The molecule has 1 fully saturated rings. The van der Waals surface area contributed by atoms with Gasteiger partial charge in [0.1, 0.15) is 6.07 Å². The van der Waals surface area contributed by atoms with E-state index in [1.807, 2.05) is 49.4 Å². The van der Waals surface area contributed by atoms with Crippen molar-refractivity contribution in [3.05, 3.63) is 53.6 Å². The van der Waals surface area contributed by atoms with Crippen molar-refractivity contribution < 1.29 is 9.47 Å². The lowest BCUT2D eigenvalue weighted by Gasteiger charge is -2.35. The van der Waals surface area contributed by atoms with Gasteiger partial charge in [-0.3, -0.25) is 4.99 Å². The number of piperidine rings is 1. The van der Waals surface area contributed by atoms with Gasteiger partial charge in [-0.25, -0.2) is 0 Å². The Hall–Kier alpha value is -3.40. The van der Waals surface area contributed by atoms with E-state index in [1.54, 1.807) is 14.2 Å². The van der Waals surface area contributed by atoms with Crippen LogP contribution in [0.5, 0.6) is 11.5 Å². The molecule has 1 saturated heterocycles. The van der Waals surface area contributed by atoms with Crippen LogP contribution in [-0.4, -0.2) is 45.9 Å². The first kappa shape index (κ1) is 22.3. The molecule has 3 rings (SSSR count). The largest absolute Gasteiger partial charge is 0.493 e. The number of nitrogens with zero attached hydrogens (tertiary/aromatic N) is 3. The summed E-state index contributed by atoms with van der Waals surface area (Å²) in [5, 5.41) is 16.3. The standard InChI is InChI=1S/C24H31N5O2/c1-4-31-23-14-18(11-12-22(23)30-3)16-27-24(26-2)28-20-9-7-13-29(17-20)21-10-6-5-8-19(21)15-25/h5-6,8,10-12,14,20H,4,7,9,13,16-17H2,1-3H3,(H2,26,27,28). The number of rotatable bonds is 7. The molecule has 0 aliphatic carbocycles. The van der Waals surface area contributed by atoms with Gasteiger partial charge >= 0.3 is 0 Å². The maximum absolute atomic E-state index is 9.42. The predicted molar refractivity (Wildman–Crippen MR) is 124 cm³/mol. The van der Waals surface area contributed by atoms with Crippen molar-refractivity contribution in [1.82, 2.24) is 10.6 Å². The highest BCUT2D eigenvalue weighted by atomic mass is 16.5. The van der Waals surface area contributed by atoms with Gasteiger partial charge < -0.3 is 25.0 Å². The molecule has 1 unspecified atom stereocenters. The molecule has 0 amide bonds. The number of hydrogen-bond acceptors (Lipinski definition) is 5. The highest BCUT2D eigenvalue weighted by Gasteiger charge is 2.22. The monoisotopic (exact) mass is 421 g/mol. The van der Waals surface area contributed by atoms with Gasteiger partial charge in [0.2, 0.25) is 0 Å². The number of para-hydroxylation sites is 1. The lowest BCUT2D eigenvalue weighted by Crippen LogP contribution is -2.51. The van der Waals surface area contributed by atoms with Gasteiger partial charge in [-0.2, -0.15) is 5.26 Å². The topological polar surface area (TPSA) is 81.9 Å². The third kappa shape index (κ3) is 5.82. The number of benzene rings is 2. The Morgan fingerprint density at radius 2 is 2.10 bits per heavy atom. The Bertz CT molecular complexity index is 938. The number of nitriles is 1. The van der Waals surface area contributed by atoms with E-state index in [9.17, 15) is 5.26 Å². The molecule has 2 aromatic rings. The third-order valence-electron chi connectivity index (χ3n) is 5.34. The molecule has 0 spiro atoms. The third-order valence-corrected chi connectivity index (χ3v) is 5.34. The summed E-state index contributed by atoms with van der Waals surface area (Å²) >= 11 is 0. The molecule has 2 aromatic carbocycles. The average molecular weight is 422 g/mol. The molecule has 0 radical (unpaired) electrons. The van der Waals surface area contributed by atoms with E-state index in [-0.39, 0.29) is 6.04 Å². The second kappa shape index (κ2) is 11.1. The lowest BCUT2D eigenvalue weighted by molar-refractivity contribution is 0.310. The van der Waals surface area contributed by atoms with Gasteiger partial charge in [0.15, 0.2) is 17.5 Å². The van der Waals surface area contributed by atoms with E-state index in [2.05, 4.69) is 26.6 Å². The van der Waals surface area contributed by atoms with Crippen LogP contribution in [0.25, 0.3) is 0 Å². The number of anilines is 1. The summed E-state index contributed by atoms with van der Waals surface area (Å²) in [6.07, 6.45) is 2.12. The fraction of sp³-hybridized carbons (Fsp3) is 0.417. The SMILES string of the molecule is CCOc1cc(CNC(=NC)NC2CCCN(c3ccccc3C#N)C2)ccc1OC. The average Bonchev–Trinajstić information content (AvgIpc) is 2.82. The van der Waals surface area contributed by atoms with E-state index >= 15 is 0 Å². The molecule has 7 heteroatoms. The minimum Gasteiger partial charge on any atom is -0.493 e. The molecule has 1 heterocycles. The molecule has 1 atom stereocenters. The molecule has 1 aliphatic rings. The van der Waals surface area contributed by atoms with Crippen LogP contribution in [0.4, 0.5) is 5.69 Å². The van der Waals surface area contributed by atoms with Gasteiger partial charge in [-0.1, -0.05) is 18.2 Å². The second-order valence-corrected chi connectivity index (χ2v) is 7.40.